The second kappa shape index (κ2) is 5.79. The molecule has 0 aliphatic rings. The molecule has 0 aliphatic carbocycles. The highest BCUT2D eigenvalue weighted by atomic mass is 19.4. The summed E-state index contributed by atoms with van der Waals surface area (Å²) >= 11 is 0. The van der Waals surface area contributed by atoms with E-state index in [9.17, 15) is 18.0 Å². The Morgan fingerprint density at radius 2 is 1.70 bits per heavy atom. The van der Waals surface area contributed by atoms with Crippen molar-refractivity contribution in [1.82, 2.24) is 0 Å². The van der Waals surface area contributed by atoms with Crippen LogP contribution in [0.4, 0.5) is 13.2 Å². The molecule has 0 N–H and O–H groups in total. The van der Waals surface area contributed by atoms with Gasteiger partial charge in [0.15, 0.2) is 0 Å². The Morgan fingerprint density at radius 3 is 2.39 bits per heavy atom. The van der Waals surface area contributed by atoms with Gasteiger partial charge in [0.05, 0.1) is 0 Å². The first-order valence-corrected chi connectivity index (χ1v) is 6.77. The third-order valence-electron chi connectivity index (χ3n) is 3.27. The van der Waals surface area contributed by atoms with Crippen LogP contribution in [0.15, 0.2) is 63.8 Å². The molecular formula is C17H11F3O3. The fourth-order valence-corrected chi connectivity index (χ4v) is 2.26. The van der Waals surface area contributed by atoms with Crippen LogP contribution in [0.2, 0.25) is 0 Å². The Balaban J connectivity index is 1.84. The zero-order valence-electron chi connectivity index (χ0n) is 11.8. The van der Waals surface area contributed by atoms with Gasteiger partial charge >= 0.3 is 12.0 Å². The molecule has 3 aromatic rings. The van der Waals surface area contributed by atoms with E-state index in [0.29, 0.717) is 16.7 Å². The highest BCUT2D eigenvalue weighted by Crippen LogP contribution is 2.23. The van der Waals surface area contributed by atoms with E-state index in [1.165, 1.54) is 24.3 Å². The van der Waals surface area contributed by atoms with Crippen LogP contribution in [0.5, 0.6) is 5.75 Å². The summed E-state index contributed by atoms with van der Waals surface area (Å²) in [7, 11) is 0. The van der Waals surface area contributed by atoms with Crippen LogP contribution in [0.1, 0.15) is 11.1 Å². The molecule has 118 valence electrons. The molecule has 0 atom stereocenters. The van der Waals surface area contributed by atoms with Crippen LogP contribution in [-0.4, -0.2) is 6.36 Å². The molecule has 2 aromatic carbocycles. The van der Waals surface area contributed by atoms with Gasteiger partial charge in [-0.3, -0.25) is 0 Å². The van der Waals surface area contributed by atoms with Gasteiger partial charge in [-0.1, -0.05) is 30.3 Å². The molecule has 0 fully saturated rings. The summed E-state index contributed by atoms with van der Waals surface area (Å²) in [6.07, 6.45) is -4.46. The topological polar surface area (TPSA) is 39.4 Å². The second-order valence-corrected chi connectivity index (χ2v) is 4.97. The van der Waals surface area contributed by atoms with Crippen molar-refractivity contribution in [2.75, 3.05) is 0 Å². The van der Waals surface area contributed by atoms with Gasteiger partial charge in [-0.05, 0) is 29.8 Å². The minimum absolute atomic E-state index is 0.263. The number of benzene rings is 2. The van der Waals surface area contributed by atoms with Crippen LogP contribution in [0, 0.1) is 0 Å². The van der Waals surface area contributed by atoms with Crippen molar-refractivity contribution >= 4 is 11.0 Å². The maximum absolute atomic E-state index is 12.1. The molecule has 0 unspecified atom stereocenters. The van der Waals surface area contributed by atoms with Crippen LogP contribution < -0.4 is 10.4 Å². The summed E-state index contributed by atoms with van der Waals surface area (Å²) in [6, 6.07) is 14.2. The fourth-order valence-electron chi connectivity index (χ4n) is 2.26. The number of ether oxygens (including phenoxy) is 1. The highest BCUT2D eigenvalue weighted by Gasteiger charge is 2.30. The number of hydrogen-bond acceptors (Lipinski definition) is 3. The van der Waals surface area contributed by atoms with E-state index >= 15 is 0 Å². The average Bonchev–Trinajstić information content (AvgIpc) is 2.48. The number of para-hydroxylation sites is 1. The first kappa shape index (κ1) is 15.1. The molecule has 0 saturated carbocycles. The van der Waals surface area contributed by atoms with Crippen LogP contribution in [0.25, 0.3) is 11.0 Å². The molecular weight excluding hydrogens is 309 g/mol. The third-order valence-corrected chi connectivity index (χ3v) is 3.27. The third kappa shape index (κ3) is 3.71. The quantitative estimate of drug-likeness (QED) is 0.676. The van der Waals surface area contributed by atoms with Crippen LogP contribution >= 0.6 is 0 Å². The number of rotatable bonds is 3. The molecule has 3 rings (SSSR count). The molecule has 0 spiro atoms. The summed E-state index contributed by atoms with van der Waals surface area (Å²) in [5.41, 5.74) is 1.16. The lowest BCUT2D eigenvalue weighted by Gasteiger charge is -2.09. The summed E-state index contributed by atoms with van der Waals surface area (Å²) < 4.78 is 45.4. The smallest absolute Gasteiger partial charge is 0.423 e. The maximum atomic E-state index is 12.1. The van der Waals surface area contributed by atoms with E-state index in [4.69, 9.17) is 4.42 Å². The van der Waals surface area contributed by atoms with E-state index in [1.54, 1.807) is 18.2 Å². The van der Waals surface area contributed by atoms with E-state index in [0.717, 1.165) is 5.39 Å². The van der Waals surface area contributed by atoms with Crippen molar-refractivity contribution in [3.8, 4) is 5.75 Å². The first-order chi connectivity index (χ1) is 10.9. The van der Waals surface area contributed by atoms with Gasteiger partial charge in [-0.2, -0.15) is 0 Å². The van der Waals surface area contributed by atoms with Gasteiger partial charge in [-0.25, -0.2) is 4.79 Å². The Morgan fingerprint density at radius 1 is 1.00 bits per heavy atom. The van der Waals surface area contributed by atoms with Crippen molar-refractivity contribution in [1.29, 1.82) is 0 Å². The number of halogens is 3. The summed E-state index contributed by atoms with van der Waals surface area (Å²) in [5, 5.41) is 0.791. The second-order valence-electron chi connectivity index (χ2n) is 4.97. The number of fused-ring (bicyclic) bond motifs is 1. The monoisotopic (exact) mass is 320 g/mol. The van der Waals surface area contributed by atoms with Gasteiger partial charge in [0.25, 0.3) is 0 Å². The van der Waals surface area contributed by atoms with Gasteiger partial charge in [0.2, 0.25) is 0 Å². The molecule has 1 heterocycles. The molecule has 1 aromatic heterocycles. The van der Waals surface area contributed by atoms with Crippen molar-refractivity contribution in [3.05, 3.63) is 76.1 Å². The number of alkyl halides is 3. The van der Waals surface area contributed by atoms with Gasteiger partial charge in [0, 0.05) is 17.4 Å². The van der Waals surface area contributed by atoms with Crippen molar-refractivity contribution in [2.45, 2.75) is 12.8 Å². The van der Waals surface area contributed by atoms with Crippen molar-refractivity contribution in [2.24, 2.45) is 0 Å². The zero-order valence-corrected chi connectivity index (χ0v) is 11.8. The van der Waals surface area contributed by atoms with E-state index in [-0.39, 0.29) is 12.2 Å². The lowest BCUT2D eigenvalue weighted by molar-refractivity contribution is -0.274. The lowest BCUT2D eigenvalue weighted by Crippen LogP contribution is -2.17. The minimum Gasteiger partial charge on any atom is -0.423 e. The SMILES string of the molecule is O=c1oc2ccccc2cc1Cc1ccc(OC(F)(F)F)cc1. The largest absolute Gasteiger partial charge is 0.573 e. The first-order valence-electron chi connectivity index (χ1n) is 6.77. The molecule has 23 heavy (non-hydrogen) atoms. The Kier molecular flexibility index (Phi) is 3.82. The summed E-state index contributed by atoms with van der Waals surface area (Å²) in [6.45, 7) is 0. The van der Waals surface area contributed by atoms with Crippen molar-refractivity contribution in [3.63, 3.8) is 0 Å². The number of hydrogen-bond donors (Lipinski definition) is 0. The van der Waals surface area contributed by atoms with E-state index < -0.39 is 12.0 Å². The highest BCUT2D eigenvalue weighted by molar-refractivity contribution is 5.76. The Labute approximate surface area is 128 Å². The molecule has 0 bridgehead atoms. The molecule has 0 amide bonds. The molecule has 0 radical (unpaired) electrons. The predicted molar refractivity (Wildman–Crippen MR) is 78.4 cm³/mol. The summed E-state index contributed by atoms with van der Waals surface area (Å²) in [5.74, 6) is -0.299. The summed E-state index contributed by atoms with van der Waals surface area (Å²) in [4.78, 5) is 12.0. The van der Waals surface area contributed by atoms with Crippen molar-refractivity contribution < 1.29 is 22.3 Å². The Hall–Kier alpha value is -2.76. The van der Waals surface area contributed by atoms with Gasteiger partial charge in [-0.15, -0.1) is 13.2 Å². The predicted octanol–water partition coefficient (Wildman–Crippen LogP) is 4.28. The molecule has 0 aliphatic heterocycles. The van der Waals surface area contributed by atoms with Crippen LogP contribution in [-0.2, 0) is 6.42 Å². The normalized spacial score (nSPS) is 11.6. The molecule has 0 saturated heterocycles. The molecule has 6 heteroatoms. The van der Waals surface area contributed by atoms with Gasteiger partial charge < -0.3 is 9.15 Å². The zero-order chi connectivity index (χ0) is 16.4. The minimum atomic E-state index is -4.72. The van der Waals surface area contributed by atoms with E-state index in [2.05, 4.69) is 4.74 Å². The Bertz CT molecular complexity index is 880. The standard InChI is InChI=1S/C17H11F3O3/c18-17(19,20)23-14-7-5-11(6-8-14)9-13-10-12-3-1-2-4-15(12)22-16(13)21/h1-8,10H,9H2. The van der Waals surface area contributed by atoms with Crippen LogP contribution in [0.3, 0.4) is 0 Å². The average molecular weight is 320 g/mol. The molecule has 3 nitrogen and oxygen atoms in total. The lowest BCUT2D eigenvalue weighted by atomic mass is 10.1. The van der Waals surface area contributed by atoms with E-state index in [1.807, 2.05) is 12.1 Å². The maximum Gasteiger partial charge on any atom is 0.573 e. The van der Waals surface area contributed by atoms with Gasteiger partial charge in [0.1, 0.15) is 11.3 Å². The fraction of sp³-hybridized carbons (Fsp3) is 0.118.